The Morgan fingerprint density at radius 3 is 2.73 bits per heavy atom. The third-order valence-electron chi connectivity index (χ3n) is 4.89. The average Bonchev–Trinajstić information content (AvgIpc) is 3.37. The lowest BCUT2D eigenvalue weighted by Crippen LogP contribution is -2.19. The summed E-state index contributed by atoms with van der Waals surface area (Å²) in [6.07, 6.45) is 8.51. The molecule has 26 heavy (non-hydrogen) atoms. The number of hydrogen-bond acceptors (Lipinski definition) is 4. The molecular weight excluding hydrogens is 326 g/mol. The monoisotopic (exact) mass is 345 g/mol. The van der Waals surface area contributed by atoms with Crippen LogP contribution < -0.4 is 0 Å². The van der Waals surface area contributed by atoms with Crippen molar-refractivity contribution < 1.29 is 9.15 Å². The van der Waals surface area contributed by atoms with Gasteiger partial charge in [-0.25, -0.2) is 4.68 Å². The Morgan fingerprint density at radius 1 is 1.04 bits per heavy atom. The second kappa shape index (κ2) is 6.42. The molecule has 0 bridgehead atoms. The molecule has 1 atom stereocenters. The molecule has 4 heterocycles. The number of pyridine rings is 1. The smallest absolute Gasteiger partial charge is 0.150 e. The Bertz CT molecular complexity index is 1020. The molecule has 0 saturated carbocycles. The van der Waals surface area contributed by atoms with Gasteiger partial charge in [-0.15, -0.1) is 0 Å². The number of aromatic nitrogens is 3. The van der Waals surface area contributed by atoms with E-state index in [1.54, 1.807) is 12.5 Å². The van der Waals surface area contributed by atoms with Crippen molar-refractivity contribution in [3.05, 3.63) is 61.2 Å². The maximum atomic E-state index is 5.98. The molecule has 1 unspecified atom stereocenters. The van der Waals surface area contributed by atoms with Crippen LogP contribution in [0, 0.1) is 0 Å². The van der Waals surface area contributed by atoms with Crippen molar-refractivity contribution >= 4 is 10.9 Å². The van der Waals surface area contributed by atoms with Crippen molar-refractivity contribution in [2.75, 3.05) is 6.61 Å². The van der Waals surface area contributed by atoms with Crippen LogP contribution in [0.4, 0.5) is 0 Å². The zero-order valence-electron chi connectivity index (χ0n) is 14.3. The van der Waals surface area contributed by atoms with Gasteiger partial charge in [-0.3, -0.25) is 4.98 Å². The molecule has 130 valence electrons. The SMILES string of the molecule is c1ccc(-c2nn(C3CCCCO3)c3cnc(-c4ccoc4)cc23)cc1. The highest BCUT2D eigenvalue weighted by molar-refractivity contribution is 5.95. The van der Waals surface area contributed by atoms with Gasteiger partial charge >= 0.3 is 0 Å². The van der Waals surface area contributed by atoms with Gasteiger partial charge in [0.1, 0.15) is 5.69 Å². The van der Waals surface area contributed by atoms with E-state index in [0.29, 0.717) is 0 Å². The van der Waals surface area contributed by atoms with Gasteiger partial charge in [-0.1, -0.05) is 30.3 Å². The Balaban J connectivity index is 1.71. The van der Waals surface area contributed by atoms with E-state index in [1.165, 1.54) is 0 Å². The molecule has 0 aliphatic carbocycles. The molecular formula is C21H19N3O2. The van der Waals surface area contributed by atoms with E-state index in [1.807, 2.05) is 35.1 Å². The molecule has 1 saturated heterocycles. The Kier molecular flexibility index (Phi) is 3.79. The number of fused-ring (bicyclic) bond motifs is 1. The molecule has 3 aromatic heterocycles. The first-order valence-corrected chi connectivity index (χ1v) is 8.98. The topological polar surface area (TPSA) is 53.1 Å². The number of hydrogen-bond donors (Lipinski definition) is 0. The van der Waals surface area contributed by atoms with Gasteiger partial charge < -0.3 is 9.15 Å². The highest BCUT2D eigenvalue weighted by atomic mass is 16.5. The number of ether oxygens (including phenoxy) is 1. The third-order valence-corrected chi connectivity index (χ3v) is 4.89. The summed E-state index contributed by atoms with van der Waals surface area (Å²) in [6.45, 7) is 0.785. The minimum atomic E-state index is -0.0229. The van der Waals surface area contributed by atoms with E-state index in [0.717, 1.165) is 59.3 Å². The van der Waals surface area contributed by atoms with E-state index >= 15 is 0 Å². The van der Waals surface area contributed by atoms with Crippen LogP contribution in [0.1, 0.15) is 25.5 Å². The van der Waals surface area contributed by atoms with Crippen molar-refractivity contribution in [2.45, 2.75) is 25.5 Å². The van der Waals surface area contributed by atoms with Crippen molar-refractivity contribution in [1.82, 2.24) is 14.8 Å². The van der Waals surface area contributed by atoms with Crippen molar-refractivity contribution in [1.29, 1.82) is 0 Å². The van der Waals surface area contributed by atoms with E-state index < -0.39 is 0 Å². The fourth-order valence-corrected chi connectivity index (χ4v) is 3.55. The first-order chi connectivity index (χ1) is 12.9. The van der Waals surface area contributed by atoms with Gasteiger partial charge in [-0.2, -0.15) is 5.10 Å². The van der Waals surface area contributed by atoms with E-state index in [4.69, 9.17) is 14.3 Å². The number of rotatable bonds is 3. The predicted octanol–water partition coefficient (Wildman–Crippen LogP) is 5.06. The van der Waals surface area contributed by atoms with E-state index in [9.17, 15) is 0 Å². The first kappa shape index (κ1) is 15.3. The van der Waals surface area contributed by atoms with Crippen molar-refractivity contribution in [3.8, 4) is 22.5 Å². The molecule has 0 N–H and O–H groups in total. The van der Waals surface area contributed by atoms with Crippen LogP contribution in [0.3, 0.4) is 0 Å². The Hall–Kier alpha value is -2.92. The fourth-order valence-electron chi connectivity index (χ4n) is 3.55. The fraction of sp³-hybridized carbons (Fsp3) is 0.238. The molecule has 4 aromatic rings. The second-order valence-corrected chi connectivity index (χ2v) is 6.58. The van der Waals surface area contributed by atoms with Crippen LogP contribution in [0.5, 0.6) is 0 Å². The molecule has 0 spiro atoms. The largest absolute Gasteiger partial charge is 0.472 e. The molecule has 1 aromatic carbocycles. The van der Waals surface area contributed by atoms with Gasteiger partial charge in [0.15, 0.2) is 6.23 Å². The molecule has 5 nitrogen and oxygen atoms in total. The summed E-state index contributed by atoms with van der Waals surface area (Å²) in [4.78, 5) is 4.64. The van der Waals surface area contributed by atoms with Gasteiger partial charge in [-0.05, 0) is 31.4 Å². The van der Waals surface area contributed by atoms with E-state index in [-0.39, 0.29) is 6.23 Å². The summed E-state index contributed by atoms with van der Waals surface area (Å²) in [5.74, 6) is 0. The molecule has 1 fully saturated rings. The Labute approximate surface area is 151 Å². The quantitative estimate of drug-likeness (QED) is 0.521. The van der Waals surface area contributed by atoms with Crippen LogP contribution >= 0.6 is 0 Å². The zero-order chi connectivity index (χ0) is 17.3. The van der Waals surface area contributed by atoms with Gasteiger partial charge in [0.2, 0.25) is 0 Å². The predicted molar refractivity (Wildman–Crippen MR) is 99.5 cm³/mol. The molecule has 0 amide bonds. The summed E-state index contributed by atoms with van der Waals surface area (Å²) in [6, 6.07) is 14.3. The minimum absolute atomic E-state index is 0.0229. The molecule has 1 aliphatic heterocycles. The summed E-state index contributed by atoms with van der Waals surface area (Å²) >= 11 is 0. The van der Waals surface area contributed by atoms with Crippen molar-refractivity contribution in [2.24, 2.45) is 0 Å². The minimum Gasteiger partial charge on any atom is -0.472 e. The van der Waals surface area contributed by atoms with Gasteiger partial charge in [0, 0.05) is 23.1 Å². The van der Waals surface area contributed by atoms with E-state index in [2.05, 4.69) is 23.2 Å². The van der Waals surface area contributed by atoms with Crippen LogP contribution in [-0.4, -0.2) is 21.4 Å². The van der Waals surface area contributed by atoms with Gasteiger partial charge in [0.25, 0.3) is 0 Å². The lowest BCUT2D eigenvalue weighted by atomic mass is 10.1. The van der Waals surface area contributed by atoms with Crippen LogP contribution in [0.25, 0.3) is 33.4 Å². The van der Waals surface area contributed by atoms with Crippen LogP contribution in [-0.2, 0) is 4.74 Å². The number of benzene rings is 1. The maximum absolute atomic E-state index is 5.98. The molecule has 5 heteroatoms. The Morgan fingerprint density at radius 2 is 1.96 bits per heavy atom. The standard InChI is InChI=1S/C21H19N3O2/c1-2-6-15(7-3-1)21-17-12-18(16-9-11-25-14-16)22-13-19(17)24(23-21)20-8-4-5-10-26-20/h1-3,6-7,9,11-14,20H,4-5,8,10H2. The zero-order valence-corrected chi connectivity index (χ0v) is 14.3. The lowest BCUT2D eigenvalue weighted by Gasteiger charge is -2.23. The van der Waals surface area contributed by atoms with Crippen LogP contribution in [0.15, 0.2) is 65.6 Å². The number of nitrogens with zero attached hydrogens (tertiary/aromatic N) is 3. The summed E-state index contributed by atoms with van der Waals surface area (Å²) in [5.41, 5.74) is 4.90. The van der Waals surface area contributed by atoms with Crippen LogP contribution in [0.2, 0.25) is 0 Å². The molecule has 1 aliphatic rings. The summed E-state index contributed by atoms with van der Waals surface area (Å²) < 4.78 is 13.2. The first-order valence-electron chi connectivity index (χ1n) is 8.98. The third kappa shape index (κ3) is 2.61. The highest BCUT2D eigenvalue weighted by Gasteiger charge is 2.22. The molecule has 0 radical (unpaired) electrons. The van der Waals surface area contributed by atoms with Crippen molar-refractivity contribution in [3.63, 3.8) is 0 Å². The second-order valence-electron chi connectivity index (χ2n) is 6.58. The lowest BCUT2D eigenvalue weighted by molar-refractivity contribution is -0.0365. The van der Waals surface area contributed by atoms with Gasteiger partial charge in [0.05, 0.1) is 29.9 Å². The highest BCUT2D eigenvalue weighted by Crippen LogP contribution is 2.34. The molecule has 5 rings (SSSR count). The summed E-state index contributed by atoms with van der Waals surface area (Å²) in [7, 11) is 0. The summed E-state index contributed by atoms with van der Waals surface area (Å²) in [5, 5.41) is 6.01. The maximum Gasteiger partial charge on any atom is 0.150 e. The number of furan rings is 1. The average molecular weight is 345 g/mol. The normalized spacial score (nSPS) is 17.6.